The lowest BCUT2D eigenvalue weighted by atomic mass is 10.1. The lowest BCUT2D eigenvalue weighted by Gasteiger charge is -2.41. The van der Waals surface area contributed by atoms with Gasteiger partial charge in [-0.3, -0.25) is 4.68 Å². The second-order valence-corrected chi connectivity index (χ2v) is 7.17. The minimum Gasteiger partial charge on any atom is -0.363 e. The number of piperazine rings is 1. The summed E-state index contributed by atoms with van der Waals surface area (Å²) in [6.07, 6.45) is 1.64. The topological polar surface area (TPSA) is 66.3 Å². The first-order chi connectivity index (χ1) is 13.4. The SMILES string of the molecule is Cc1nn(C)c2ncc(NC(=O)N3CCN(c4ccccc4F)C(C)C3)cc12. The van der Waals surface area contributed by atoms with Crippen LogP contribution in [0, 0.1) is 12.7 Å². The van der Waals surface area contributed by atoms with Gasteiger partial charge < -0.3 is 15.1 Å². The molecule has 1 aliphatic heterocycles. The van der Waals surface area contributed by atoms with Crippen molar-refractivity contribution in [2.45, 2.75) is 19.9 Å². The van der Waals surface area contributed by atoms with Gasteiger partial charge in [0.05, 0.1) is 23.3 Å². The number of fused-ring (bicyclic) bond motifs is 1. The average Bonchev–Trinajstić information content (AvgIpc) is 2.96. The van der Waals surface area contributed by atoms with Crippen molar-refractivity contribution in [1.29, 1.82) is 0 Å². The molecule has 2 amide bonds. The number of aromatic nitrogens is 3. The number of anilines is 2. The lowest BCUT2D eigenvalue weighted by Crippen LogP contribution is -2.55. The largest absolute Gasteiger partial charge is 0.363 e. The van der Waals surface area contributed by atoms with Crippen molar-refractivity contribution in [3.05, 3.63) is 48.0 Å². The van der Waals surface area contributed by atoms with Gasteiger partial charge in [0.15, 0.2) is 5.65 Å². The highest BCUT2D eigenvalue weighted by Gasteiger charge is 2.28. The highest BCUT2D eigenvalue weighted by atomic mass is 19.1. The first-order valence-corrected chi connectivity index (χ1v) is 9.30. The first kappa shape index (κ1) is 18.2. The molecule has 2 aromatic heterocycles. The molecular formula is C20H23FN6O. The van der Waals surface area contributed by atoms with E-state index in [1.54, 1.807) is 27.9 Å². The van der Waals surface area contributed by atoms with Crippen LogP contribution in [-0.2, 0) is 7.05 Å². The number of urea groups is 1. The van der Waals surface area contributed by atoms with Gasteiger partial charge in [-0.2, -0.15) is 5.10 Å². The van der Waals surface area contributed by atoms with Crippen molar-refractivity contribution >= 4 is 28.4 Å². The van der Waals surface area contributed by atoms with Gasteiger partial charge in [0.1, 0.15) is 5.82 Å². The van der Waals surface area contributed by atoms with Crippen LogP contribution >= 0.6 is 0 Å². The Bertz CT molecular complexity index is 1030. The molecule has 1 aromatic carbocycles. The zero-order valence-corrected chi connectivity index (χ0v) is 16.2. The third-order valence-corrected chi connectivity index (χ3v) is 5.19. The van der Waals surface area contributed by atoms with Crippen molar-refractivity contribution in [3.8, 4) is 0 Å². The Morgan fingerprint density at radius 1 is 1.29 bits per heavy atom. The number of amides is 2. The van der Waals surface area contributed by atoms with Crippen LogP contribution in [-0.4, -0.2) is 51.4 Å². The highest BCUT2D eigenvalue weighted by molar-refractivity contribution is 5.92. The predicted molar refractivity (Wildman–Crippen MR) is 107 cm³/mol. The summed E-state index contributed by atoms with van der Waals surface area (Å²) in [5, 5.41) is 8.19. The number of aryl methyl sites for hydroxylation is 2. The molecule has 28 heavy (non-hydrogen) atoms. The Morgan fingerprint density at radius 2 is 2.07 bits per heavy atom. The van der Waals surface area contributed by atoms with Gasteiger partial charge in [-0.15, -0.1) is 0 Å². The smallest absolute Gasteiger partial charge is 0.322 e. The maximum atomic E-state index is 14.1. The Labute approximate surface area is 162 Å². The average molecular weight is 382 g/mol. The van der Waals surface area contributed by atoms with Gasteiger partial charge >= 0.3 is 6.03 Å². The van der Waals surface area contributed by atoms with Gasteiger partial charge in [0.25, 0.3) is 0 Å². The van der Waals surface area contributed by atoms with Crippen LogP contribution in [0.25, 0.3) is 11.0 Å². The number of pyridine rings is 1. The third kappa shape index (κ3) is 3.26. The molecule has 0 aliphatic carbocycles. The van der Waals surface area contributed by atoms with Crippen LogP contribution in [0.3, 0.4) is 0 Å². The molecule has 4 rings (SSSR count). The van der Waals surface area contributed by atoms with Crippen LogP contribution < -0.4 is 10.2 Å². The van der Waals surface area contributed by atoms with Crippen LogP contribution in [0.15, 0.2) is 36.5 Å². The van der Waals surface area contributed by atoms with E-state index in [9.17, 15) is 9.18 Å². The molecule has 0 saturated carbocycles. The Hall–Kier alpha value is -3.16. The molecule has 0 bridgehead atoms. The van der Waals surface area contributed by atoms with Crippen LogP contribution in [0.2, 0.25) is 0 Å². The Kier molecular flexibility index (Phi) is 4.62. The van der Waals surface area contributed by atoms with Crippen molar-refractivity contribution in [1.82, 2.24) is 19.7 Å². The third-order valence-electron chi connectivity index (χ3n) is 5.19. The number of carbonyl (C=O) groups is 1. The number of hydrogen-bond donors (Lipinski definition) is 1. The van der Waals surface area contributed by atoms with Crippen LogP contribution in [0.4, 0.5) is 20.6 Å². The van der Waals surface area contributed by atoms with Gasteiger partial charge in [0.2, 0.25) is 0 Å². The number of para-hydroxylation sites is 1. The minimum atomic E-state index is -0.238. The zero-order valence-electron chi connectivity index (χ0n) is 16.2. The molecule has 1 N–H and O–H groups in total. The zero-order chi connectivity index (χ0) is 19.8. The molecule has 0 spiro atoms. The van der Waals surface area contributed by atoms with Gasteiger partial charge in [-0.25, -0.2) is 14.2 Å². The number of halogens is 1. The van der Waals surface area contributed by atoms with Gasteiger partial charge in [-0.1, -0.05) is 12.1 Å². The van der Waals surface area contributed by atoms with Crippen molar-refractivity contribution in [2.24, 2.45) is 7.05 Å². The Morgan fingerprint density at radius 3 is 2.82 bits per heavy atom. The summed E-state index contributed by atoms with van der Waals surface area (Å²) in [5.74, 6) is -0.238. The summed E-state index contributed by atoms with van der Waals surface area (Å²) in [6, 6.07) is 8.47. The molecule has 1 unspecified atom stereocenters. The quantitative estimate of drug-likeness (QED) is 0.739. The minimum absolute atomic E-state index is 0.0116. The molecule has 1 atom stereocenters. The standard InChI is InChI=1S/C20H23FN6O/c1-13-12-26(8-9-27(13)18-7-5-4-6-17(18)21)20(28)23-15-10-16-14(2)24-25(3)19(16)22-11-15/h4-7,10-11,13H,8-9,12H2,1-3H3,(H,23,28). The van der Waals surface area contributed by atoms with E-state index in [2.05, 4.69) is 15.4 Å². The fraction of sp³-hybridized carbons (Fsp3) is 0.350. The van der Waals surface area contributed by atoms with Gasteiger partial charge in [-0.05, 0) is 32.0 Å². The number of carbonyl (C=O) groups excluding carboxylic acids is 1. The fourth-order valence-corrected chi connectivity index (χ4v) is 3.76. The van der Waals surface area contributed by atoms with E-state index >= 15 is 0 Å². The molecule has 3 heterocycles. The van der Waals surface area contributed by atoms with Crippen molar-refractivity contribution in [2.75, 3.05) is 29.9 Å². The van der Waals surface area contributed by atoms with E-state index in [-0.39, 0.29) is 17.9 Å². The maximum Gasteiger partial charge on any atom is 0.322 e. The Balaban J connectivity index is 1.45. The summed E-state index contributed by atoms with van der Waals surface area (Å²) in [7, 11) is 1.84. The highest BCUT2D eigenvalue weighted by Crippen LogP contribution is 2.24. The first-order valence-electron chi connectivity index (χ1n) is 9.30. The van der Waals surface area contributed by atoms with E-state index < -0.39 is 0 Å². The molecule has 1 fully saturated rings. The van der Waals surface area contributed by atoms with E-state index in [4.69, 9.17) is 0 Å². The van der Waals surface area contributed by atoms with Crippen molar-refractivity contribution in [3.63, 3.8) is 0 Å². The fourth-order valence-electron chi connectivity index (χ4n) is 3.76. The van der Waals surface area contributed by atoms with E-state index in [0.717, 1.165) is 16.7 Å². The normalized spacial score (nSPS) is 17.2. The summed E-state index contributed by atoms with van der Waals surface area (Å²) in [4.78, 5) is 20.9. The second kappa shape index (κ2) is 7.10. The number of hydrogen-bond acceptors (Lipinski definition) is 4. The van der Waals surface area contributed by atoms with Crippen LogP contribution in [0.1, 0.15) is 12.6 Å². The molecule has 146 valence electrons. The second-order valence-electron chi connectivity index (χ2n) is 7.17. The molecule has 8 heteroatoms. The number of nitrogens with one attached hydrogen (secondary N) is 1. The lowest BCUT2D eigenvalue weighted by molar-refractivity contribution is 0.200. The number of nitrogens with zero attached hydrogens (tertiary/aromatic N) is 5. The van der Waals surface area contributed by atoms with Crippen molar-refractivity contribution < 1.29 is 9.18 Å². The molecule has 0 radical (unpaired) electrons. The summed E-state index contributed by atoms with van der Waals surface area (Å²) < 4.78 is 15.8. The van der Waals surface area contributed by atoms with E-state index in [0.29, 0.717) is 31.0 Å². The predicted octanol–water partition coefficient (Wildman–Crippen LogP) is 3.16. The van der Waals surface area contributed by atoms with Crippen LogP contribution in [0.5, 0.6) is 0 Å². The van der Waals surface area contributed by atoms with E-state index in [1.165, 1.54) is 6.07 Å². The van der Waals surface area contributed by atoms with E-state index in [1.807, 2.05) is 37.9 Å². The number of benzene rings is 1. The monoisotopic (exact) mass is 382 g/mol. The number of rotatable bonds is 2. The molecule has 7 nitrogen and oxygen atoms in total. The summed E-state index contributed by atoms with van der Waals surface area (Å²) >= 11 is 0. The molecule has 1 saturated heterocycles. The summed E-state index contributed by atoms with van der Waals surface area (Å²) in [6.45, 7) is 5.53. The molecular weight excluding hydrogens is 359 g/mol. The maximum absolute atomic E-state index is 14.1. The molecule has 3 aromatic rings. The molecule has 1 aliphatic rings. The van der Waals surface area contributed by atoms with Gasteiger partial charge in [0, 0.05) is 38.1 Å². The summed E-state index contributed by atoms with van der Waals surface area (Å²) in [5.41, 5.74) is 2.87.